The van der Waals surface area contributed by atoms with E-state index < -0.39 is 15.9 Å². The van der Waals surface area contributed by atoms with E-state index in [2.05, 4.69) is 18.4 Å². The summed E-state index contributed by atoms with van der Waals surface area (Å²) in [6.07, 6.45) is 0.793. The number of aromatic nitrogens is 3. The SMILES string of the molecule is CCc1nc2c(C)cc(C)nc2n1Cc1ccc(-c2ccccc2S(=O)(=O)NC(C)=O)cc1. The summed E-state index contributed by atoms with van der Waals surface area (Å²) >= 11 is 0. The lowest BCUT2D eigenvalue weighted by atomic mass is 10.0. The normalized spacial score (nSPS) is 11.6. The van der Waals surface area contributed by atoms with Crippen molar-refractivity contribution in [2.75, 3.05) is 0 Å². The van der Waals surface area contributed by atoms with E-state index in [1.807, 2.05) is 42.0 Å². The number of fused-ring (bicyclic) bond motifs is 1. The Morgan fingerprint density at radius 3 is 2.39 bits per heavy atom. The van der Waals surface area contributed by atoms with Gasteiger partial charge < -0.3 is 4.57 Å². The van der Waals surface area contributed by atoms with Crippen LogP contribution < -0.4 is 4.72 Å². The summed E-state index contributed by atoms with van der Waals surface area (Å²) in [7, 11) is -3.95. The number of sulfonamides is 1. The molecule has 0 spiro atoms. The van der Waals surface area contributed by atoms with E-state index in [-0.39, 0.29) is 4.90 Å². The molecular formula is C25H26N4O3S. The van der Waals surface area contributed by atoms with E-state index in [1.54, 1.807) is 18.2 Å². The van der Waals surface area contributed by atoms with Gasteiger partial charge in [-0.15, -0.1) is 0 Å². The van der Waals surface area contributed by atoms with Gasteiger partial charge >= 0.3 is 0 Å². The van der Waals surface area contributed by atoms with Crippen LogP contribution in [0.4, 0.5) is 0 Å². The second kappa shape index (κ2) is 8.78. The molecule has 0 radical (unpaired) electrons. The minimum absolute atomic E-state index is 0.0666. The summed E-state index contributed by atoms with van der Waals surface area (Å²) in [5, 5.41) is 0. The van der Waals surface area contributed by atoms with E-state index in [1.165, 1.54) is 13.0 Å². The van der Waals surface area contributed by atoms with Crippen LogP contribution in [0.25, 0.3) is 22.3 Å². The van der Waals surface area contributed by atoms with Crippen LogP contribution in [-0.2, 0) is 27.8 Å². The fraction of sp³-hybridized carbons (Fsp3) is 0.240. The molecule has 0 aliphatic heterocycles. The van der Waals surface area contributed by atoms with Gasteiger partial charge in [0.25, 0.3) is 10.0 Å². The number of amides is 1. The van der Waals surface area contributed by atoms with Crippen molar-refractivity contribution in [1.82, 2.24) is 19.3 Å². The van der Waals surface area contributed by atoms with Gasteiger partial charge in [0.15, 0.2) is 5.65 Å². The zero-order valence-corrected chi connectivity index (χ0v) is 19.9. The Labute approximate surface area is 193 Å². The van der Waals surface area contributed by atoms with Crippen LogP contribution >= 0.6 is 0 Å². The topological polar surface area (TPSA) is 93.9 Å². The van der Waals surface area contributed by atoms with Crippen LogP contribution in [0.15, 0.2) is 59.5 Å². The third-order valence-corrected chi connectivity index (χ3v) is 6.97. The smallest absolute Gasteiger partial charge is 0.264 e. The van der Waals surface area contributed by atoms with Gasteiger partial charge in [-0.3, -0.25) is 4.79 Å². The molecule has 1 N–H and O–H groups in total. The molecule has 2 aromatic heterocycles. The Bertz CT molecular complexity index is 1460. The second-order valence-corrected chi connectivity index (χ2v) is 9.73. The molecule has 7 nitrogen and oxygen atoms in total. The first kappa shape index (κ1) is 22.7. The van der Waals surface area contributed by atoms with E-state index >= 15 is 0 Å². The maximum Gasteiger partial charge on any atom is 0.264 e. The quantitative estimate of drug-likeness (QED) is 0.465. The van der Waals surface area contributed by atoms with Crippen molar-refractivity contribution in [2.24, 2.45) is 0 Å². The number of nitrogens with one attached hydrogen (secondary N) is 1. The van der Waals surface area contributed by atoms with Crippen molar-refractivity contribution in [1.29, 1.82) is 0 Å². The summed E-state index contributed by atoms with van der Waals surface area (Å²) < 4.78 is 29.4. The Morgan fingerprint density at radius 1 is 1.03 bits per heavy atom. The zero-order chi connectivity index (χ0) is 23.8. The lowest BCUT2D eigenvalue weighted by Gasteiger charge is -2.12. The van der Waals surface area contributed by atoms with E-state index in [0.29, 0.717) is 12.1 Å². The maximum atomic E-state index is 12.6. The van der Waals surface area contributed by atoms with Gasteiger partial charge in [-0.1, -0.05) is 49.4 Å². The van der Waals surface area contributed by atoms with Gasteiger partial charge in [-0.2, -0.15) is 0 Å². The van der Waals surface area contributed by atoms with E-state index in [9.17, 15) is 13.2 Å². The molecule has 0 atom stereocenters. The summed E-state index contributed by atoms with van der Waals surface area (Å²) in [6, 6.07) is 16.4. The molecule has 8 heteroatoms. The summed E-state index contributed by atoms with van der Waals surface area (Å²) in [4.78, 5) is 21.0. The van der Waals surface area contributed by atoms with Crippen molar-refractivity contribution < 1.29 is 13.2 Å². The number of imidazole rings is 1. The molecule has 33 heavy (non-hydrogen) atoms. The van der Waals surface area contributed by atoms with Crippen LogP contribution in [0.2, 0.25) is 0 Å². The average molecular weight is 463 g/mol. The molecule has 0 saturated carbocycles. The predicted molar refractivity (Wildman–Crippen MR) is 128 cm³/mol. The third-order valence-electron chi connectivity index (χ3n) is 5.48. The Morgan fingerprint density at radius 2 is 1.73 bits per heavy atom. The van der Waals surface area contributed by atoms with Gasteiger partial charge in [0, 0.05) is 24.6 Å². The van der Waals surface area contributed by atoms with Crippen molar-refractivity contribution in [3.8, 4) is 11.1 Å². The standard InChI is InChI=1S/C25H26N4O3S/c1-5-23-27-24-16(2)14-17(3)26-25(24)29(23)15-19-10-12-20(13-11-19)21-8-6-7-9-22(21)33(31,32)28-18(4)30/h6-14H,5,15H2,1-4H3,(H,28,30). The number of rotatable bonds is 6. The van der Waals surface area contributed by atoms with Crippen LogP contribution in [0, 0.1) is 13.8 Å². The number of benzene rings is 2. The minimum atomic E-state index is -3.95. The summed E-state index contributed by atoms with van der Waals surface area (Å²) in [5.41, 5.74) is 6.20. The number of carbonyl (C=O) groups excluding carboxylic acids is 1. The molecule has 0 saturated heterocycles. The number of nitrogens with zero attached hydrogens (tertiary/aromatic N) is 3. The van der Waals surface area contributed by atoms with Gasteiger partial charge in [-0.25, -0.2) is 23.1 Å². The Balaban J connectivity index is 1.70. The third kappa shape index (κ3) is 4.52. The van der Waals surface area contributed by atoms with Gasteiger partial charge in [0.1, 0.15) is 11.3 Å². The molecule has 0 fully saturated rings. The molecule has 0 unspecified atom stereocenters. The number of pyridine rings is 1. The monoisotopic (exact) mass is 462 g/mol. The molecule has 1 amide bonds. The second-order valence-electron chi connectivity index (χ2n) is 8.08. The Hall–Kier alpha value is -3.52. The number of carbonyl (C=O) groups is 1. The molecule has 2 heterocycles. The zero-order valence-electron chi connectivity index (χ0n) is 19.1. The highest BCUT2D eigenvalue weighted by molar-refractivity contribution is 7.90. The van der Waals surface area contributed by atoms with Crippen molar-refractivity contribution in [3.63, 3.8) is 0 Å². The van der Waals surface area contributed by atoms with Crippen molar-refractivity contribution >= 4 is 27.1 Å². The van der Waals surface area contributed by atoms with Gasteiger partial charge in [0.2, 0.25) is 5.91 Å². The first-order valence-corrected chi connectivity index (χ1v) is 12.2. The molecule has 2 aromatic carbocycles. The molecule has 0 bridgehead atoms. The van der Waals surface area contributed by atoms with E-state index in [4.69, 9.17) is 9.97 Å². The lowest BCUT2D eigenvalue weighted by Crippen LogP contribution is -2.28. The maximum absolute atomic E-state index is 12.6. The van der Waals surface area contributed by atoms with Crippen molar-refractivity contribution in [2.45, 2.75) is 45.6 Å². The van der Waals surface area contributed by atoms with Crippen LogP contribution in [0.5, 0.6) is 0 Å². The van der Waals surface area contributed by atoms with Crippen LogP contribution in [0.1, 0.15) is 36.5 Å². The van der Waals surface area contributed by atoms with Gasteiger partial charge in [0.05, 0.1) is 11.4 Å². The fourth-order valence-corrected chi connectivity index (χ4v) is 5.26. The largest absolute Gasteiger partial charge is 0.308 e. The fourth-order valence-electron chi connectivity index (χ4n) is 4.04. The van der Waals surface area contributed by atoms with Crippen LogP contribution in [-0.4, -0.2) is 28.9 Å². The minimum Gasteiger partial charge on any atom is -0.308 e. The summed E-state index contributed by atoms with van der Waals surface area (Å²) in [6.45, 7) is 7.90. The molecule has 0 aliphatic carbocycles. The lowest BCUT2D eigenvalue weighted by molar-refractivity contribution is -0.117. The average Bonchev–Trinajstić information content (AvgIpc) is 3.11. The molecule has 170 valence electrons. The van der Waals surface area contributed by atoms with Crippen LogP contribution in [0.3, 0.4) is 0 Å². The molecular weight excluding hydrogens is 436 g/mol. The number of aryl methyl sites for hydroxylation is 3. The summed E-state index contributed by atoms with van der Waals surface area (Å²) in [5.74, 6) is 0.348. The number of hydrogen-bond acceptors (Lipinski definition) is 5. The molecule has 4 aromatic rings. The van der Waals surface area contributed by atoms with Gasteiger partial charge in [-0.05, 0) is 42.7 Å². The first-order chi connectivity index (χ1) is 15.7. The molecule has 4 rings (SSSR count). The Kier molecular flexibility index (Phi) is 6.03. The predicted octanol–water partition coefficient (Wildman–Crippen LogP) is 4.15. The van der Waals surface area contributed by atoms with E-state index in [0.717, 1.165) is 45.8 Å². The molecule has 0 aliphatic rings. The highest BCUT2D eigenvalue weighted by Crippen LogP contribution is 2.28. The van der Waals surface area contributed by atoms with Crippen molar-refractivity contribution in [3.05, 3.63) is 77.2 Å². The highest BCUT2D eigenvalue weighted by atomic mass is 32.2. The number of hydrogen-bond donors (Lipinski definition) is 1. The highest BCUT2D eigenvalue weighted by Gasteiger charge is 2.20. The first-order valence-electron chi connectivity index (χ1n) is 10.7.